The number of fused-ring (bicyclic) bond motifs is 1. The molecule has 2 aromatic carbocycles. The highest BCUT2D eigenvalue weighted by atomic mass is 16.2. The Morgan fingerprint density at radius 3 is 2.58 bits per heavy atom. The van der Waals surface area contributed by atoms with Crippen molar-refractivity contribution in [2.24, 2.45) is 0 Å². The maximum absolute atomic E-state index is 12.1. The highest BCUT2D eigenvalue weighted by Crippen LogP contribution is 2.31. The molecule has 2 N–H and O–H groups in total. The molecule has 4 heteroatoms. The van der Waals surface area contributed by atoms with Gasteiger partial charge in [-0.15, -0.1) is 0 Å². The number of para-hydroxylation sites is 1. The molecule has 4 rings (SSSR count). The molecule has 0 spiro atoms. The van der Waals surface area contributed by atoms with E-state index in [9.17, 15) is 4.79 Å². The fraction of sp³-hybridized carbons (Fsp3) is 0.318. The summed E-state index contributed by atoms with van der Waals surface area (Å²) in [6.45, 7) is 3.64. The Labute approximate surface area is 154 Å². The van der Waals surface area contributed by atoms with Gasteiger partial charge in [0.2, 0.25) is 0 Å². The summed E-state index contributed by atoms with van der Waals surface area (Å²) in [5.74, 6) is -0.0585. The Morgan fingerprint density at radius 1 is 1.00 bits per heavy atom. The topological polar surface area (TPSA) is 44.4 Å². The van der Waals surface area contributed by atoms with Gasteiger partial charge in [0.25, 0.3) is 5.91 Å². The van der Waals surface area contributed by atoms with Crippen molar-refractivity contribution in [1.82, 2.24) is 4.90 Å². The summed E-state index contributed by atoms with van der Waals surface area (Å²) in [6, 6.07) is 16.3. The lowest BCUT2D eigenvalue weighted by Gasteiger charge is -2.26. The van der Waals surface area contributed by atoms with Gasteiger partial charge >= 0.3 is 0 Å². The monoisotopic (exact) mass is 347 g/mol. The Balaban J connectivity index is 1.36. The van der Waals surface area contributed by atoms with Gasteiger partial charge in [-0.1, -0.05) is 36.8 Å². The second kappa shape index (κ2) is 7.75. The number of nitrogens with one attached hydrogen (secondary N) is 2. The molecule has 134 valence electrons. The van der Waals surface area contributed by atoms with E-state index in [1.54, 1.807) is 6.20 Å². The molecule has 4 nitrogen and oxygen atoms in total. The van der Waals surface area contributed by atoms with Crippen LogP contribution in [0.15, 0.2) is 54.7 Å². The van der Waals surface area contributed by atoms with Crippen LogP contribution in [-0.4, -0.2) is 30.4 Å². The van der Waals surface area contributed by atoms with Crippen LogP contribution in [0.4, 0.5) is 11.4 Å². The Morgan fingerprint density at radius 2 is 1.77 bits per heavy atom. The zero-order chi connectivity index (χ0) is 17.8. The van der Waals surface area contributed by atoms with E-state index in [1.807, 2.05) is 24.3 Å². The first kappa shape index (κ1) is 16.9. The second-order valence-corrected chi connectivity index (χ2v) is 7.05. The first-order chi connectivity index (χ1) is 12.8. The number of benzene rings is 2. The van der Waals surface area contributed by atoms with Crippen molar-refractivity contribution in [3.8, 4) is 0 Å². The van der Waals surface area contributed by atoms with Crippen LogP contribution >= 0.6 is 0 Å². The molecule has 2 aromatic rings. The molecule has 26 heavy (non-hydrogen) atoms. The van der Waals surface area contributed by atoms with Crippen LogP contribution in [0.5, 0.6) is 0 Å². The number of hydrogen-bond acceptors (Lipinski definition) is 3. The molecular weight excluding hydrogens is 322 g/mol. The van der Waals surface area contributed by atoms with Crippen molar-refractivity contribution < 1.29 is 4.79 Å². The lowest BCUT2D eigenvalue weighted by Crippen LogP contribution is -2.31. The molecule has 0 atom stereocenters. The SMILES string of the molecule is O=C1Nc2ccccc2/C1=C/Nc1ccc(CCN2CCCCC2)cc1. The summed E-state index contributed by atoms with van der Waals surface area (Å²) >= 11 is 0. The molecule has 1 fully saturated rings. The van der Waals surface area contributed by atoms with E-state index in [4.69, 9.17) is 0 Å². The number of nitrogens with zero attached hydrogens (tertiary/aromatic N) is 1. The van der Waals surface area contributed by atoms with Gasteiger partial charge in [-0.25, -0.2) is 0 Å². The van der Waals surface area contributed by atoms with E-state index >= 15 is 0 Å². The first-order valence-electron chi connectivity index (χ1n) is 9.48. The van der Waals surface area contributed by atoms with Gasteiger partial charge in [-0.05, 0) is 56.1 Å². The molecule has 1 saturated heterocycles. The summed E-state index contributed by atoms with van der Waals surface area (Å²) in [7, 11) is 0. The number of hydrogen-bond donors (Lipinski definition) is 2. The molecule has 2 aliphatic heterocycles. The van der Waals surface area contributed by atoms with Gasteiger partial charge in [0, 0.05) is 29.7 Å². The van der Waals surface area contributed by atoms with E-state index in [0.29, 0.717) is 5.57 Å². The smallest absolute Gasteiger partial charge is 0.257 e. The second-order valence-electron chi connectivity index (χ2n) is 7.05. The standard InChI is InChI=1S/C22H25N3O/c26-22-20(19-6-2-3-7-21(19)24-22)16-23-18-10-8-17(9-11-18)12-15-25-13-4-1-5-14-25/h2-3,6-11,16,23H,1,4-5,12-15H2,(H,24,26)/b20-16-. The Kier molecular flexibility index (Phi) is 5.02. The zero-order valence-electron chi connectivity index (χ0n) is 15.0. The van der Waals surface area contributed by atoms with Gasteiger partial charge in [0.15, 0.2) is 0 Å². The summed E-state index contributed by atoms with van der Waals surface area (Å²) in [5.41, 5.74) is 4.85. The third-order valence-corrected chi connectivity index (χ3v) is 5.21. The van der Waals surface area contributed by atoms with Gasteiger partial charge < -0.3 is 15.5 Å². The number of piperidine rings is 1. The third kappa shape index (κ3) is 3.81. The maximum atomic E-state index is 12.1. The fourth-order valence-corrected chi connectivity index (χ4v) is 3.68. The van der Waals surface area contributed by atoms with Crippen LogP contribution in [0.3, 0.4) is 0 Å². The molecular formula is C22H25N3O. The maximum Gasteiger partial charge on any atom is 0.257 e. The lowest BCUT2D eigenvalue weighted by atomic mass is 10.1. The largest absolute Gasteiger partial charge is 0.361 e. The molecule has 0 radical (unpaired) electrons. The molecule has 2 aliphatic rings. The van der Waals surface area contributed by atoms with Crippen molar-refractivity contribution in [2.75, 3.05) is 30.3 Å². The summed E-state index contributed by atoms with van der Waals surface area (Å²) in [4.78, 5) is 14.7. The van der Waals surface area contributed by atoms with Crippen molar-refractivity contribution in [2.45, 2.75) is 25.7 Å². The van der Waals surface area contributed by atoms with Gasteiger partial charge in [-0.2, -0.15) is 0 Å². The highest BCUT2D eigenvalue weighted by Gasteiger charge is 2.23. The van der Waals surface area contributed by atoms with Crippen molar-refractivity contribution >= 4 is 22.9 Å². The minimum atomic E-state index is -0.0585. The van der Waals surface area contributed by atoms with Crippen LogP contribution < -0.4 is 10.6 Å². The lowest BCUT2D eigenvalue weighted by molar-refractivity contribution is -0.110. The van der Waals surface area contributed by atoms with Gasteiger partial charge in [-0.3, -0.25) is 4.79 Å². The van der Waals surface area contributed by atoms with E-state index in [1.165, 1.54) is 37.9 Å². The Hall–Kier alpha value is -2.59. The molecule has 0 bridgehead atoms. The zero-order valence-corrected chi connectivity index (χ0v) is 15.0. The van der Waals surface area contributed by atoms with Crippen LogP contribution in [-0.2, 0) is 11.2 Å². The van der Waals surface area contributed by atoms with Gasteiger partial charge in [0.1, 0.15) is 0 Å². The number of likely N-dealkylation sites (tertiary alicyclic amines) is 1. The Bertz CT molecular complexity index is 804. The van der Waals surface area contributed by atoms with Crippen LogP contribution in [0.25, 0.3) is 5.57 Å². The van der Waals surface area contributed by atoms with Crippen molar-refractivity contribution in [3.63, 3.8) is 0 Å². The fourth-order valence-electron chi connectivity index (χ4n) is 3.68. The summed E-state index contributed by atoms with van der Waals surface area (Å²) in [6.07, 6.45) is 6.96. The highest BCUT2D eigenvalue weighted by molar-refractivity contribution is 6.31. The van der Waals surface area contributed by atoms with E-state index in [0.717, 1.165) is 29.9 Å². The normalized spacial score (nSPS) is 18.6. The number of rotatable bonds is 5. The van der Waals surface area contributed by atoms with Crippen LogP contribution in [0.2, 0.25) is 0 Å². The minimum absolute atomic E-state index is 0.0585. The predicted octanol–water partition coefficient (Wildman–Crippen LogP) is 4.12. The quantitative estimate of drug-likeness (QED) is 0.800. The third-order valence-electron chi connectivity index (χ3n) is 5.21. The predicted molar refractivity (Wildman–Crippen MR) is 107 cm³/mol. The molecule has 1 amide bonds. The van der Waals surface area contributed by atoms with Crippen molar-refractivity contribution in [1.29, 1.82) is 0 Å². The minimum Gasteiger partial charge on any atom is -0.361 e. The molecule has 0 saturated carbocycles. The van der Waals surface area contributed by atoms with E-state index in [2.05, 4.69) is 39.8 Å². The molecule has 0 unspecified atom stereocenters. The van der Waals surface area contributed by atoms with E-state index < -0.39 is 0 Å². The first-order valence-corrected chi connectivity index (χ1v) is 9.48. The van der Waals surface area contributed by atoms with Crippen molar-refractivity contribution in [3.05, 3.63) is 65.9 Å². The average molecular weight is 347 g/mol. The number of amides is 1. The number of carbonyl (C=O) groups is 1. The molecule has 0 aliphatic carbocycles. The number of carbonyl (C=O) groups excluding carboxylic acids is 1. The summed E-state index contributed by atoms with van der Waals surface area (Å²) < 4.78 is 0. The molecule has 2 heterocycles. The van der Waals surface area contributed by atoms with Crippen LogP contribution in [0.1, 0.15) is 30.4 Å². The average Bonchev–Trinajstić information content (AvgIpc) is 3.01. The van der Waals surface area contributed by atoms with Gasteiger partial charge in [0.05, 0.1) is 5.57 Å². The van der Waals surface area contributed by atoms with Crippen LogP contribution in [0, 0.1) is 0 Å². The number of anilines is 2. The molecule has 0 aromatic heterocycles. The summed E-state index contributed by atoms with van der Waals surface area (Å²) in [5, 5.41) is 6.15. The van der Waals surface area contributed by atoms with E-state index in [-0.39, 0.29) is 5.91 Å².